The zero-order chi connectivity index (χ0) is 24.9. The second-order valence-corrected chi connectivity index (χ2v) is 9.93. The van der Waals surface area contributed by atoms with E-state index in [1.807, 2.05) is 16.8 Å². The molecule has 2 aliphatic rings. The molecular formula is C26H29N9O2. The molecule has 0 spiro atoms. The summed E-state index contributed by atoms with van der Waals surface area (Å²) in [6.45, 7) is 5.39. The van der Waals surface area contributed by atoms with Gasteiger partial charge in [-0.15, -0.1) is 5.10 Å². The molecule has 11 heteroatoms. The molecule has 1 aliphatic carbocycles. The third-order valence-corrected chi connectivity index (χ3v) is 7.48. The van der Waals surface area contributed by atoms with E-state index in [1.54, 1.807) is 18.5 Å². The van der Waals surface area contributed by atoms with Gasteiger partial charge in [-0.1, -0.05) is 12.1 Å². The van der Waals surface area contributed by atoms with Crippen LogP contribution in [0.1, 0.15) is 24.5 Å². The molecule has 11 nitrogen and oxygen atoms in total. The number of benzene rings is 1. The maximum Gasteiger partial charge on any atom is 0.225 e. The van der Waals surface area contributed by atoms with Crippen LogP contribution in [-0.4, -0.2) is 72.1 Å². The number of hydrogen-bond acceptors (Lipinski definition) is 9. The summed E-state index contributed by atoms with van der Waals surface area (Å²) >= 11 is 0. The molecule has 1 aromatic carbocycles. The molecule has 7 rings (SSSR count). The van der Waals surface area contributed by atoms with Gasteiger partial charge in [0.2, 0.25) is 11.8 Å². The minimum absolute atomic E-state index is 0.261. The highest BCUT2D eigenvalue weighted by Crippen LogP contribution is 2.41. The van der Waals surface area contributed by atoms with Crippen molar-refractivity contribution in [2.24, 2.45) is 5.92 Å². The number of anilines is 2. The Kier molecular flexibility index (Phi) is 5.33. The predicted molar refractivity (Wildman–Crippen MR) is 139 cm³/mol. The molecule has 1 aliphatic heterocycles. The number of fused-ring (bicyclic) bond motifs is 3. The summed E-state index contributed by atoms with van der Waals surface area (Å²) in [5, 5.41) is 20.4. The maximum atomic E-state index is 10.5. The van der Waals surface area contributed by atoms with Crippen LogP contribution in [0.3, 0.4) is 0 Å². The molecule has 0 radical (unpaired) electrons. The molecule has 1 saturated heterocycles. The van der Waals surface area contributed by atoms with Crippen molar-refractivity contribution >= 4 is 28.3 Å². The summed E-state index contributed by atoms with van der Waals surface area (Å²) in [4.78, 5) is 14.1. The van der Waals surface area contributed by atoms with E-state index in [1.165, 1.54) is 10.2 Å². The summed E-state index contributed by atoms with van der Waals surface area (Å²) in [5.74, 6) is 1.74. The molecule has 4 aromatic heterocycles. The zero-order valence-electron chi connectivity index (χ0n) is 20.4. The number of rotatable bonds is 7. The normalized spacial score (nSPS) is 17.7. The Hall–Kier alpha value is -3.96. The molecular weight excluding hydrogens is 470 g/mol. The molecule has 0 bridgehead atoms. The number of nitrogens with zero attached hydrogens (tertiary/aromatic N) is 8. The third kappa shape index (κ3) is 4.09. The van der Waals surface area contributed by atoms with Crippen molar-refractivity contribution in [3.8, 4) is 11.6 Å². The second kappa shape index (κ2) is 8.86. The summed E-state index contributed by atoms with van der Waals surface area (Å²) in [6.07, 6.45) is 5.30. The van der Waals surface area contributed by atoms with Crippen molar-refractivity contribution in [3.05, 3.63) is 54.4 Å². The average Bonchev–Trinajstić information content (AvgIpc) is 3.29. The van der Waals surface area contributed by atoms with Gasteiger partial charge in [-0.05, 0) is 48.6 Å². The van der Waals surface area contributed by atoms with E-state index in [0.717, 1.165) is 56.5 Å². The molecule has 37 heavy (non-hydrogen) atoms. The number of furan rings is 1. The fourth-order valence-electron chi connectivity index (χ4n) is 5.19. The van der Waals surface area contributed by atoms with Gasteiger partial charge in [0.05, 0.1) is 30.5 Å². The van der Waals surface area contributed by atoms with E-state index >= 15 is 0 Å². The van der Waals surface area contributed by atoms with Crippen molar-refractivity contribution in [2.45, 2.75) is 25.5 Å². The topological polar surface area (TPSA) is 127 Å². The van der Waals surface area contributed by atoms with E-state index in [0.29, 0.717) is 35.3 Å². The van der Waals surface area contributed by atoms with Gasteiger partial charge >= 0.3 is 0 Å². The Morgan fingerprint density at radius 1 is 1.03 bits per heavy atom. The number of aliphatic hydroxyl groups is 1. The first-order valence-corrected chi connectivity index (χ1v) is 12.8. The lowest BCUT2D eigenvalue weighted by Crippen LogP contribution is -2.47. The molecule has 3 N–H and O–H groups in total. The lowest BCUT2D eigenvalue weighted by Gasteiger charge is -2.36. The minimum atomic E-state index is -0.330. The van der Waals surface area contributed by atoms with E-state index in [4.69, 9.17) is 10.2 Å². The molecule has 5 aromatic rings. The van der Waals surface area contributed by atoms with E-state index < -0.39 is 0 Å². The van der Waals surface area contributed by atoms with Gasteiger partial charge in [-0.3, -0.25) is 4.90 Å². The number of hydrogen-bond donors (Lipinski definition) is 2. The summed E-state index contributed by atoms with van der Waals surface area (Å²) in [6, 6.07) is 12.0. The molecule has 0 amide bonds. The Bertz CT molecular complexity index is 1550. The monoisotopic (exact) mass is 499 g/mol. The van der Waals surface area contributed by atoms with E-state index in [-0.39, 0.29) is 12.1 Å². The highest BCUT2D eigenvalue weighted by molar-refractivity contribution is 5.90. The van der Waals surface area contributed by atoms with Crippen molar-refractivity contribution in [1.29, 1.82) is 0 Å². The van der Waals surface area contributed by atoms with Crippen molar-refractivity contribution < 1.29 is 9.52 Å². The van der Waals surface area contributed by atoms with E-state index in [2.05, 4.69) is 48.2 Å². The van der Waals surface area contributed by atoms with Crippen LogP contribution in [-0.2, 0) is 6.54 Å². The highest BCUT2D eigenvalue weighted by Gasteiger charge is 2.31. The lowest BCUT2D eigenvalue weighted by atomic mass is 10.0. The fourth-order valence-corrected chi connectivity index (χ4v) is 5.19. The highest BCUT2D eigenvalue weighted by atomic mass is 16.3. The van der Waals surface area contributed by atoms with Gasteiger partial charge in [-0.25, -0.2) is 9.67 Å². The van der Waals surface area contributed by atoms with Crippen LogP contribution in [0, 0.1) is 5.92 Å². The van der Waals surface area contributed by atoms with Crippen LogP contribution < -0.4 is 10.6 Å². The van der Waals surface area contributed by atoms with Gasteiger partial charge in [0, 0.05) is 38.4 Å². The van der Waals surface area contributed by atoms with E-state index in [9.17, 15) is 5.11 Å². The molecule has 190 valence electrons. The molecule has 1 saturated carbocycles. The average molecular weight is 500 g/mol. The van der Waals surface area contributed by atoms with Gasteiger partial charge in [0.1, 0.15) is 0 Å². The maximum absolute atomic E-state index is 10.5. The Morgan fingerprint density at radius 3 is 2.68 bits per heavy atom. The minimum Gasteiger partial charge on any atom is -0.461 e. The summed E-state index contributed by atoms with van der Waals surface area (Å²) in [5.41, 5.74) is 9.77. The predicted octanol–water partition coefficient (Wildman–Crippen LogP) is 2.58. The van der Waals surface area contributed by atoms with Gasteiger partial charge in [0.25, 0.3) is 0 Å². The number of nitrogen functional groups attached to an aromatic ring is 1. The largest absolute Gasteiger partial charge is 0.461 e. The van der Waals surface area contributed by atoms with Gasteiger partial charge in [-0.2, -0.15) is 14.6 Å². The standard InChI is InChI=1S/C26H29N9O2/c27-26-30-24-20(25-29-23(31-35(25)26)21-5-2-14-37-21)16-28-34(24)13-10-32-8-11-33(12-9-32)19-4-1-3-18(15-19)22(36)17-6-7-17/h1-5,14-17,22,36H,6-13H2,(H2,27,30). The van der Waals surface area contributed by atoms with Crippen LogP contribution in [0.5, 0.6) is 0 Å². The number of piperazine rings is 1. The molecule has 2 fully saturated rings. The quantitative estimate of drug-likeness (QED) is 0.347. The number of nitrogens with two attached hydrogens (primary N) is 1. The first kappa shape index (κ1) is 22.3. The second-order valence-electron chi connectivity index (χ2n) is 9.93. The van der Waals surface area contributed by atoms with Gasteiger partial charge in [0.15, 0.2) is 17.1 Å². The SMILES string of the molecule is Nc1nc2c(cnn2CCN2CCN(c3cccc(C(O)C4CC4)c3)CC2)c2nc(-c3ccco3)nn12. The molecule has 1 unspecified atom stereocenters. The van der Waals surface area contributed by atoms with Crippen LogP contribution in [0.4, 0.5) is 11.6 Å². The fraction of sp³-hybridized carbons (Fsp3) is 0.385. The first-order valence-electron chi connectivity index (χ1n) is 12.8. The van der Waals surface area contributed by atoms with Crippen LogP contribution >= 0.6 is 0 Å². The van der Waals surface area contributed by atoms with Gasteiger partial charge < -0.3 is 20.2 Å². The van der Waals surface area contributed by atoms with Crippen molar-refractivity contribution in [3.63, 3.8) is 0 Å². The van der Waals surface area contributed by atoms with Crippen molar-refractivity contribution in [2.75, 3.05) is 43.4 Å². The van der Waals surface area contributed by atoms with Crippen molar-refractivity contribution in [1.82, 2.24) is 34.3 Å². The summed E-state index contributed by atoms with van der Waals surface area (Å²) in [7, 11) is 0. The molecule has 5 heterocycles. The van der Waals surface area contributed by atoms with Crippen LogP contribution in [0.2, 0.25) is 0 Å². The molecule has 1 atom stereocenters. The smallest absolute Gasteiger partial charge is 0.225 e. The Balaban J connectivity index is 1.03. The third-order valence-electron chi connectivity index (χ3n) is 7.48. The Morgan fingerprint density at radius 2 is 1.89 bits per heavy atom. The Labute approximate surface area is 213 Å². The van der Waals surface area contributed by atoms with Crippen LogP contribution in [0.25, 0.3) is 28.3 Å². The zero-order valence-corrected chi connectivity index (χ0v) is 20.4. The lowest BCUT2D eigenvalue weighted by molar-refractivity contribution is 0.154. The van der Waals surface area contributed by atoms with Crippen LogP contribution in [0.15, 0.2) is 53.3 Å². The number of aromatic nitrogens is 6. The first-order chi connectivity index (χ1) is 18.1. The number of aliphatic hydroxyl groups excluding tert-OH is 1. The summed E-state index contributed by atoms with van der Waals surface area (Å²) < 4.78 is 8.86.